The fourth-order valence-corrected chi connectivity index (χ4v) is 3.85. The molecule has 0 aliphatic carbocycles. The lowest BCUT2D eigenvalue weighted by Gasteiger charge is -2.45. The molecule has 4 N–H and O–H groups in total. The predicted molar refractivity (Wildman–Crippen MR) is 124 cm³/mol. The van der Waals surface area contributed by atoms with Crippen molar-refractivity contribution in [3.63, 3.8) is 0 Å². The molecule has 1 aromatic rings. The maximum Gasteiger partial charge on any atom is 0.410 e. The van der Waals surface area contributed by atoms with Crippen LogP contribution in [0.25, 0.3) is 0 Å². The number of rotatable bonds is 6. The van der Waals surface area contributed by atoms with E-state index in [2.05, 4.69) is 15.6 Å². The number of carbonyl (C=O) groups is 1. The number of likely N-dealkylation sites (tertiary alicyclic amines) is 1. The van der Waals surface area contributed by atoms with Gasteiger partial charge in [0.2, 0.25) is 5.96 Å². The van der Waals surface area contributed by atoms with E-state index in [-0.39, 0.29) is 6.09 Å². The van der Waals surface area contributed by atoms with E-state index in [1.54, 1.807) is 18.0 Å². The number of piperidine rings is 1. The molecule has 0 aromatic heterocycles. The van der Waals surface area contributed by atoms with Crippen molar-refractivity contribution in [2.75, 3.05) is 33.3 Å². The highest BCUT2D eigenvalue weighted by Crippen LogP contribution is 2.36. The SMILES string of the molecule is CN=C(NC#N)NCCOC(c1cccc(Cl)c1)C1(N)CCCN(C(=O)OC(C)(C)C)C1. The van der Waals surface area contributed by atoms with Gasteiger partial charge in [0, 0.05) is 31.7 Å². The number of aliphatic imine (C=N–C) groups is 1. The molecule has 0 bridgehead atoms. The van der Waals surface area contributed by atoms with Crippen molar-refractivity contribution in [1.82, 2.24) is 15.5 Å². The van der Waals surface area contributed by atoms with Crippen molar-refractivity contribution in [3.05, 3.63) is 34.9 Å². The van der Waals surface area contributed by atoms with E-state index in [9.17, 15) is 4.79 Å². The van der Waals surface area contributed by atoms with Crippen LogP contribution in [0.4, 0.5) is 4.79 Å². The first-order valence-electron chi connectivity index (χ1n) is 10.6. The Morgan fingerprint density at radius 3 is 2.84 bits per heavy atom. The molecule has 1 fully saturated rings. The first-order chi connectivity index (χ1) is 15.1. The molecular weight excluding hydrogens is 432 g/mol. The molecule has 1 aliphatic rings. The number of amides is 1. The largest absolute Gasteiger partial charge is 0.444 e. The van der Waals surface area contributed by atoms with E-state index < -0.39 is 17.2 Å². The van der Waals surface area contributed by atoms with E-state index in [0.29, 0.717) is 43.6 Å². The quantitative estimate of drug-likeness (QED) is 0.194. The Balaban J connectivity index is 2.17. The molecule has 0 spiro atoms. The first kappa shape index (κ1) is 25.7. The molecule has 176 valence electrons. The Morgan fingerprint density at radius 1 is 1.47 bits per heavy atom. The number of hydrogen-bond donors (Lipinski definition) is 3. The molecule has 1 heterocycles. The summed E-state index contributed by atoms with van der Waals surface area (Å²) in [5.41, 5.74) is 6.30. The minimum absolute atomic E-state index is 0.296. The first-order valence-corrected chi connectivity index (χ1v) is 11.0. The number of nitrogens with one attached hydrogen (secondary N) is 2. The van der Waals surface area contributed by atoms with E-state index in [1.807, 2.05) is 45.2 Å². The monoisotopic (exact) mass is 464 g/mol. The van der Waals surface area contributed by atoms with Gasteiger partial charge in [-0.2, -0.15) is 5.26 Å². The van der Waals surface area contributed by atoms with Gasteiger partial charge in [-0.15, -0.1) is 0 Å². The van der Waals surface area contributed by atoms with Gasteiger partial charge in [-0.25, -0.2) is 4.79 Å². The standard InChI is InChI=1S/C22H33ClN6O3/c1-21(2,3)32-20(30)29-11-6-9-22(25,14-29)18(16-7-5-8-17(23)13-16)31-12-10-27-19(26-4)28-15-24/h5,7-8,13,18H,6,9-12,14,25H2,1-4H3,(H2,26,27,28). The normalized spacial score (nSPS) is 20.3. The zero-order valence-corrected chi connectivity index (χ0v) is 19.9. The third kappa shape index (κ3) is 7.55. The van der Waals surface area contributed by atoms with Gasteiger partial charge in [0.25, 0.3) is 0 Å². The highest BCUT2D eigenvalue weighted by Gasteiger charge is 2.43. The average molecular weight is 465 g/mol. The van der Waals surface area contributed by atoms with Gasteiger partial charge in [0.05, 0.1) is 12.1 Å². The van der Waals surface area contributed by atoms with Gasteiger partial charge in [0.1, 0.15) is 11.7 Å². The minimum atomic E-state index is -0.827. The summed E-state index contributed by atoms with van der Waals surface area (Å²) in [6.45, 7) is 7.09. The Bertz CT molecular complexity index is 851. The van der Waals surface area contributed by atoms with E-state index in [4.69, 9.17) is 32.1 Å². The molecule has 1 aromatic carbocycles. The van der Waals surface area contributed by atoms with E-state index in [0.717, 1.165) is 12.0 Å². The molecule has 0 saturated carbocycles. The van der Waals surface area contributed by atoms with Crippen LogP contribution in [0.2, 0.25) is 5.02 Å². The highest BCUT2D eigenvalue weighted by atomic mass is 35.5. The summed E-state index contributed by atoms with van der Waals surface area (Å²) in [5.74, 6) is 0.353. The highest BCUT2D eigenvalue weighted by molar-refractivity contribution is 6.30. The number of halogens is 1. The molecule has 10 heteroatoms. The van der Waals surface area contributed by atoms with Crippen molar-refractivity contribution in [3.8, 4) is 6.19 Å². The molecular formula is C22H33ClN6O3. The lowest BCUT2D eigenvalue weighted by atomic mass is 9.81. The second kappa shape index (κ2) is 11.4. The number of nitrogens with two attached hydrogens (primary N) is 1. The predicted octanol–water partition coefficient (Wildman–Crippen LogP) is 2.77. The van der Waals surface area contributed by atoms with Crippen LogP contribution in [0, 0.1) is 11.5 Å². The molecule has 0 radical (unpaired) electrons. The van der Waals surface area contributed by atoms with Crippen molar-refractivity contribution >= 4 is 23.7 Å². The van der Waals surface area contributed by atoms with Gasteiger partial charge < -0.3 is 25.4 Å². The van der Waals surface area contributed by atoms with Gasteiger partial charge in [-0.1, -0.05) is 23.7 Å². The summed E-state index contributed by atoms with van der Waals surface area (Å²) < 4.78 is 11.8. The van der Waals surface area contributed by atoms with E-state index >= 15 is 0 Å². The second-order valence-electron chi connectivity index (χ2n) is 8.78. The number of nitriles is 1. The summed E-state index contributed by atoms with van der Waals surface area (Å²) in [4.78, 5) is 18.3. The van der Waals surface area contributed by atoms with Crippen molar-refractivity contribution in [1.29, 1.82) is 5.26 Å². The van der Waals surface area contributed by atoms with Crippen LogP contribution in [0.5, 0.6) is 0 Å². The number of guanidine groups is 1. The summed E-state index contributed by atoms with van der Waals surface area (Å²) in [6, 6.07) is 7.39. The van der Waals surface area contributed by atoms with Gasteiger partial charge in [-0.3, -0.25) is 10.3 Å². The fraction of sp³-hybridized carbons (Fsp3) is 0.591. The maximum absolute atomic E-state index is 12.7. The molecule has 2 unspecified atom stereocenters. The molecule has 32 heavy (non-hydrogen) atoms. The summed E-state index contributed by atoms with van der Waals surface area (Å²) in [6.07, 6.45) is 2.34. The van der Waals surface area contributed by atoms with Gasteiger partial charge in [0.15, 0.2) is 6.19 Å². The lowest BCUT2D eigenvalue weighted by Crippen LogP contribution is -2.60. The van der Waals surface area contributed by atoms with Crippen molar-refractivity contribution in [2.24, 2.45) is 10.7 Å². The number of carbonyl (C=O) groups excluding carboxylic acids is 1. The van der Waals surface area contributed by atoms with Crippen LogP contribution in [-0.4, -0.2) is 61.4 Å². The minimum Gasteiger partial charge on any atom is -0.444 e. The van der Waals surface area contributed by atoms with Crippen LogP contribution in [0.15, 0.2) is 29.3 Å². The number of nitrogens with zero attached hydrogens (tertiary/aromatic N) is 3. The number of hydrogen-bond acceptors (Lipinski definition) is 6. The van der Waals surface area contributed by atoms with Crippen LogP contribution >= 0.6 is 11.6 Å². The van der Waals surface area contributed by atoms with Crippen molar-refractivity contribution < 1.29 is 14.3 Å². The van der Waals surface area contributed by atoms with Crippen LogP contribution in [0.1, 0.15) is 45.3 Å². The zero-order chi connectivity index (χ0) is 23.8. The Hall–Kier alpha value is -2.54. The number of benzene rings is 1. The van der Waals surface area contributed by atoms with Crippen LogP contribution in [-0.2, 0) is 9.47 Å². The smallest absolute Gasteiger partial charge is 0.410 e. The lowest BCUT2D eigenvalue weighted by molar-refractivity contribution is -0.0373. The molecule has 9 nitrogen and oxygen atoms in total. The molecule has 2 rings (SSSR count). The Labute approximate surface area is 194 Å². The fourth-order valence-electron chi connectivity index (χ4n) is 3.65. The topological polar surface area (TPSA) is 125 Å². The molecule has 2 atom stereocenters. The van der Waals surface area contributed by atoms with Gasteiger partial charge >= 0.3 is 6.09 Å². The third-order valence-electron chi connectivity index (χ3n) is 4.96. The van der Waals surface area contributed by atoms with E-state index in [1.165, 1.54) is 0 Å². The molecule has 1 amide bonds. The number of ether oxygens (including phenoxy) is 2. The van der Waals surface area contributed by atoms with Crippen molar-refractivity contribution in [2.45, 2.75) is 50.9 Å². The van der Waals surface area contributed by atoms with Crippen LogP contribution < -0.4 is 16.4 Å². The van der Waals surface area contributed by atoms with Gasteiger partial charge in [-0.05, 0) is 51.3 Å². The zero-order valence-electron chi connectivity index (χ0n) is 19.2. The third-order valence-corrected chi connectivity index (χ3v) is 5.19. The summed E-state index contributed by atoms with van der Waals surface area (Å²) in [5, 5.41) is 14.8. The molecule has 1 aliphatic heterocycles. The average Bonchev–Trinajstić information content (AvgIpc) is 2.71. The second-order valence-corrected chi connectivity index (χ2v) is 9.22. The Kier molecular flexibility index (Phi) is 9.13. The summed E-state index contributed by atoms with van der Waals surface area (Å²) in [7, 11) is 1.57. The Morgan fingerprint density at radius 2 is 2.22 bits per heavy atom. The van der Waals surface area contributed by atoms with Crippen LogP contribution in [0.3, 0.4) is 0 Å². The molecule has 1 saturated heterocycles. The maximum atomic E-state index is 12.7. The summed E-state index contributed by atoms with van der Waals surface area (Å²) >= 11 is 6.23.